The van der Waals surface area contributed by atoms with Gasteiger partial charge in [-0.3, -0.25) is 10.1 Å². The molecule has 1 heterocycles. The lowest BCUT2D eigenvalue weighted by molar-refractivity contribution is -0.119. The predicted molar refractivity (Wildman–Crippen MR) is 107 cm³/mol. The molecule has 0 spiro atoms. The van der Waals surface area contributed by atoms with Crippen LogP contribution in [0.1, 0.15) is 39.0 Å². The molecule has 0 unspecified atom stereocenters. The van der Waals surface area contributed by atoms with E-state index in [0.717, 1.165) is 36.9 Å². The van der Waals surface area contributed by atoms with Gasteiger partial charge in [0.25, 0.3) is 0 Å². The second-order valence-electron chi connectivity index (χ2n) is 6.74. The average Bonchev–Trinajstić information content (AvgIpc) is 3.03. The van der Waals surface area contributed by atoms with Crippen LogP contribution in [0.5, 0.6) is 0 Å². The van der Waals surface area contributed by atoms with Crippen molar-refractivity contribution in [3.8, 4) is 11.3 Å². The van der Waals surface area contributed by atoms with Crippen molar-refractivity contribution >= 4 is 23.7 Å². The Kier molecular flexibility index (Phi) is 6.39. The Balaban J connectivity index is 1.55. The molecule has 1 aromatic carbocycles. The molecule has 1 aliphatic rings. The molecule has 8 heteroatoms. The van der Waals surface area contributed by atoms with E-state index < -0.39 is 11.3 Å². The van der Waals surface area contributed by atoms with Gasteiger partial charge >= 0.3 is 6.03 Å². The van der Waals surface area contributed by atoms with Gasteiger partial charge in [0, 0.05) is 11.6 Å². The van der Waals surface area contributed by atoms with Crippen molar-refractivity contribution in [2.24, 2.45) is 0 Å². The summed E-state index contributed by atoms with van der Waals surface area (Å²) in [6.07, 6.45) is 7.11. The fourth-order valence-electron chi connectivity index (χ4n) is 3.11. The molecular weight excluding hydrogens is 362 g/mol. The summed E-state index contributed by atoms with van der Waals surface area (Å²) < 4.78 is 1.40. The highest BCUT2D eigenvalue weighted by Gasteiger charge is 2.22. The number of hydrogen-bond acceptors (Lipinski definition) is 5. The van der Waals surface area contributed by atoms with Crippen LogP contribution in [-0.2, 0) is 4.79 Å². The molecule has 1 saturated carbocycles. The minimum atomic E-state index is -0.504. The number of thioether (sulfide) groups is 1. The van der Waals surface area contributed by atoms with Gasteiger partial charge in [0.2, 0.25) is 5.91 Å². The van der Waals surface area contributed by atoms with Crippen molar-refractivity contribution in [1.29, 1.82) is 0 Å². The minimum absolute atomic E-state index is 0.158. The molecule has 27 heavy (non-hydrogen) atoms. The van der Waals surface area contributed by atoms with E-state index in [2.05, 4.69) is 15.6 Å². The summed E-state index contributed by atoms with van der Waals surface area (Å²) >= 11 is 1.22. The molecule has 0 saturated heterocycles. The van der Waals surface area contributed by atoms with Gasteiger partial charge in [0.05, 0.1) is 17.1 Å². The number of nitrogens with zero attached hydrogens (tertiary/aromatic N) is 2. The molecule has 0 aliphatic heterocycles. The molecule has 3 amide bonds. The van der Waals surface area contributed by atoms with Crippen LogP contribution in [0.15, 0.2) is 41.7 Å². The van der Waals surface area contributed by atoms with Crippen molar-refractivity contribution in [1.82, 2.24) is 20.3 Å². The van der Waals surface area contributed by atoms with Crippen LogP contribution in [-0.4, -0.2) is 32.9 Å². The highest BCUT2D eigenvalue weighted by atomic mass is 32.2. The number of amides is 3. The number of aromatic nitrogens is 2. The van der Waals surface area contributed by atoms with Crippen molar-refractivity contribution < 1.29 is 9.59 Å². The van der Waals surface area contributed by atoms with E-state index in [1.54, 1.807) is 13.1 Å². The first-order valence-electron chi connectivity index (χ1n) is 9.21. The third kappa shape index (κ3) is 5.26. The van der Waals surface area contributed by atoms with E-state index in [9.17, 15) is 9.59 Å². The van der Waals surface area contributed by atoms with Crippen LogP contribution < -0.4 is 16.5 Å². The molecule has 1 fully saturated rings. The summed E-state index contributed by atoms with van der Waals surface area (Å²) in [7, 11) is 0. The number of carbonyl (C=O) groups is 2. The number of rotatable bonds is 5. The van der Waals surface area contributed by atoms with Crippen LogP contribution in [0, 0.1) is 0 Å². The number of urea groups is 1. The number of benzene rings is 1. The van der Waals surface area contributed by atoms with Gasteiger partial charge < -0.3 is 11.2 Å². The normalized spacial score (nSPS) is 15.9. The Morgan fingerprint density at radius 1 is 1.22 bits per heavy atom. The summed E-state index contributed by atoms with van der Waals surface area (Å²) in [6.45, 7) is 1.73. The van der Waals surface area contributed by atoms with Gasteiger partial charge in [-0.2, -0.15) is 0 Å². The van der Waals surface area contributed by atoms with Crippen molar-refractivity contribution in [3.05, 3.63) is 36.5 Å². The third-order valence-corrected chi connectivity index (χ3v) is 5.68. The Bertz CT molecular complexity index is 787. The maximum atomic E-state index is 12.3. The Hall–Kier alpha value is -2.48. The molecule has 1 aromatic heterocycles. The first-order valence-corrected chi connectivity index (χ1v) is 10.1. The fraction of sp³-hybridized carbons (Fsp3) is 0.421. The van der Waals surface area contributed by atoms with Gasteiger partial charge in [-0.15, -0.1) is 0 Å². The maximum absolute atomic E-state index is 12.3. The van der Waals surface area contributed by atoms with Crippen LogP contribution in [0.2, 0.25) is 0 Å². The maximum Gasteiger partial charge on any atom is 0.321 e. The summed E-state index contributed by atoms with van der Waals surface area (Å²) in [5, 5.41) is 5.31. The smallest absolute Gasteiger partial charge is 0.321 e. The second kappa shape index (κ2) is 8.94. The Labute approximate surface area is 163 Å². The van der Waals surface area contributed by atoms with Crippen LogP contribution in [0.4, 0.5) is 4.79 Å². The lowest BCUT2D eigenvalue weighted by Gasteiger charge is -2.23. The Morgan fingerprint density at radius 3 is 2.63 bits per heavy atom. The second-order valence-corrected chi connectivity index (χ2v) is 8.05. The van der Waals surface area contributed by atoms with E-state index in [0.29, 0.717) is 5.16 Å². The van der Waals surface area contributed by atoms with E-state index in [1.807, 2.05) is 30.3 Å². The van der Waals surface area contributed by atoms with E-state index >= 15 is 0 Å². The monoisotopic (exact) mass is 387 g/mol. The van der Waals surface area contributed by atoms with Crippen molar-refractivity contribution in [2.45, 2.75) is 55.5 Å². The number of carbonyl (C=O) groups excluding carboxylic acids is 2. The van der Waals surface area contributed by atoms with Crippen LogP contribution >= 0.6 is 11.8 Å². The minimum Gasteiger partial charge on any atom is -0.337 e. The highest BCUT2D eigenvalue weighted by Crippen LogP contribution is 2.25. The zero-order valence-electron chi connectivity index (χ0n) is 15.4. The SMILES string of the molecule is C[C@@H](Sc1nc(-c2ccccc2)cn1N)C(=O)NC(=O)NC1CCCCC1. The Morgan fingerprint density at radius 2 is 1.93 bits per heavy atom. The van der Waals surface area contributed by atoms with Crippen LogP contribution in [0.25, 0.3) is 11.3 Å². The van der Waals surface area contributed by atoms with Gasteiger partial charge in [0.15, 0.2) is 5.16 Å². The highest BCUT2D eigenvalue weighted by molar-refractivity contribution is 8.00. The number of nitrogens with one attached hydrogen (secondary N) is 2. The number of imidazole rings is 1. The van der Waals surface area contributed by atoms with Crippen LogP contribution in [0.3, 0.4) is 0 Å². The summed E-state index contributed by atoms with van der Waals surface area (Å²) in [6, 6.07) is 9.41. The van der Waals surface area contributed by atoms with Gasteiger partial charge in [0.1, 0.15) is 0 Å². The topological polar surface area (TPSA) is 102 Å². The molecule has 0 radical (unpaired) electrons. The third-order valence-electron chi connectivity index (χ3n) is 4.60. The van der Waals surface area contributed by atoms with E-state index in [-0.39, 0.29) is 11.9 Å². The number of nitrogen functional groups attached to an aromatic ring is 1. The van der Waals surface area contributed by atoms with Gasteiger partial charge in [-0.1, -0.05) is 61.4 Å². The van der Waals surface area contributed by atoms with Gasteiger partial charge in [-0.25, -0.2) is 14.5 Å². The zero-order chi connectivity index (χ0) is 19.2. The lowest BCUT2D eigenvalue weighted by atomic mass is 9.96. The molecular formula is C19H25N5O2S. The number of nitrogens with two attached hydrogens (primary N) is 1. The first-order chi connectivity index (χ1) is 13.0. The van der Waals surface area contributed by atoms with E-state index in [4.69, 9.17) is 5.84 Å². The molecule has 0 bridgehead atoms. The molecule has 1 atom stereocenters. The lowest BCUT2D eigenvalue weighted by Crippen LogP contribution is -2.47. The first kappa shape index (κ1) is 19.3. The molecule has 7 nitrogen and oxygen atoms in total. The molecule has 4 N–H and O–H groups in total. The standard InChI is InChI=1S/C19H25N5O2S/c1-13(17(25)23-18(26)21-15-10-6-3-7-11-15)27-19-22-16(12-24(19)20)14-8-4-2-5-9-14/h2,4-5,8-9,12-13,15H,3,6-7,10-11,20H2,1H3,(H2,21,23,25,26)/t13-/m1/s1. The molecule has 1 aliphatic carbocycles. The van der Waals surface area contributed by atoms with E-state index in [1.165, 1.54) is 22.9 Å². The summed E-state index contributed by atoms with van der Waals surface area (Å²) in [4.78, 5) is 28.8. The fourth-order valence-corrected chi connectivity index (χ4v) is 3.91. The predicted octanol–water partition coefficient (Wildman–Crippen LogP) is 2.90. The molecule has 2 aromatic rings. The van der Waals surface area contributed by atoms with Crippen molar-refractivity contribution in [3.63, 3.8) is 0 Å². The van der Waals surface area contributed by atoms with Gasteiger partial charge in [-0.05, 0) is 19.8 Å². The number of hydrogen-bond donors (Lipinski definition) is 3. The summed E-state index contributed by atoms with van der Waals surface area (Å²) in [5.74, 6) is 5.61. The molecule has 144 valence electrons. The average molecular weight is 388 g/mol. The number of imide groups is 1. The quantitative estimate of drug-likeness (QED) is 0.541. The zero-order valence-corrected chi connectivity index (χ0v) is 16.2. The van der Waals surface area contributed by atoms with Crippen molar-refractivity contribution in [2.75, 3.05) is 5.84 Å². The molecule has 3 rings (SSSR count). The largest absolute Gasteiger partial charge is 0.337 e. The summed E-state index contributed by atoms with van der Waals surface area (Å²) in [5.41, 5.74) is 1.69.